The zero-order valence-electron chi connectivity index (χ0n) is 13.8. The fraction of sp³-hybridized carbons (Fsp3) is 0.412. The van der Waals surface area contributed by atoms with Gasteiger partial charge in [0.25, 0.3) is 0 Å². The average Bonchev–Trinajstić information content (AvgIpc) is 3.14. The molecule has 5 nitrogen and oxygen atoms in total. The van der Waals surface area contributed by atoms with Crippen LogP contribution in [0, 0.1) is 5.92 Å². The Morgan fingerprint density at radius 3 is 2.68 bits per heavy atom. The maximum atomic E-state index is 12.5. The van der Waals surface area contributed by atoms with Gasteiger partial charge in [-0.05, 0) is 35.7 Å². The van der Waals surface area contributed by atoms with Crippen molar-refractivity contribution in [3.05, 3.63) is 51.8 Å². The molecule has 1 amide bonds. The van der Waals surface area contributed by atoms with E-state index >= 15 is 0 Å². The van der Waals surface area contributed by atoms with Gasteiger partial charge in [-0.25, -0.2) is 0 Å². The summed E-state index contributed by atoms with van der Waals surface area (Å²) in [7, 11) is 1.89. The monoisotopic (exact) mass is 402 g/mol. The molecule has 1 aliphatic rings. The summed E-state index contributed by atoms with van der Waals surface area (Å²) < 4.78 is 1.77. The van der Waals surface area contributed by atoms with Gasteiger partial charge >= 0.3 is 0 Å². The smallest absolute Gasteiger partial charge is 0.225 e. The van der Waals surface area contributed by atoms with Crippen LogP contribution >= 0.6 is 35.6 Å². The van der Waals surface area contributed by atoms with E-state index in [9.17, 15) is 4.79 Å². The molecule has 1 aliphatic heterocycles. The molecule has 2 heterocycles. The van der Waals surface area contributed by atoms with Gasteiger partial charge in [-0.15, -0.1) is 12.4 Å². The molecule has 1 aromatic heterocycles. The summed E-state index contributed by atoms with van der Waals surface area (Å²) in [5.41, 5.74) is 2.12. The lowest BCUT2D eigenvalue weighted by atomic mass is 9.90. The summed E-state index contributed by atoms with van der Waals surface area (Å²) in [5.74, 6) is 0.165. The number of halogens is 3. The van der Waals surface area contributed by atoms with Gasteiger partial charge in [0.15, 0.2) is 0 Å². The molecule has 2 aromatic rings. The Morgan fingerprint density at radius 1 is 1.32 bits per heavy atom. The van der Waals surface area contributed by atoms with Crippen LogP contribution in [0.2, 0.25) is 10.0 Å². The molecule has 136 valence electrons. The van der Waals surface area contributed by atoms with Gasteiger partial charge in [-0.3, -0.25) is 9.48 Å². The molecule has 0 aliphatic carbocycles. The molecule has 1 aromatic carbocycles. The first-order chi connectivity index (χ1) is 11.5. The molecule has 1 fully saturated rings. The first-order valence-corrected chi connectivity index (χ1v) is 8.70. The van der Waals surface area contributed by atoms with E-state index in [-0.39, 0.29) is 30.2 Å². The summed E-state index contributed by atoms with van der Waals surface area (Å²) in [6.07, 6.45) is 4.52. The third-order valence-corrected chi connectivity index (χ3v) is 4.78. The number of carbonyl (C=O) groups is 1. The Bertz CT molecular complexity index is 714. The number of carbonyl (C=O) groups excluding carboxylic acids is 1. The number of nitrogens with one attached hydrogen (secondary N) is 2. The molecule has 0 bridgehead atoms. The number of hydrogen-bond donors (Lipinski definition) is 2. The summed E-state index contributed by atoms with van der Waals surface area (Å²) in [4.78, 5) is 12.5. The molecular formula is C17H21Cl3N4O. The van der Waals surface area contributed by atoms with E-state index in [1.807, 2.05) is 31.6 Å². The van der Waals surface area contributed by atoms with Crippen molar-refractivity contribution in [2.24, 2.45) is 13.0 Å². The van der Waals surface area contributed by atoms with Crippen LogP contribution in [0.25, 0.3) is 0 Å². The van der Waals surface area contributed by atoms with E-state index in [1.54, 1.807) is 10.7 Å². The van der Waals surface area contributed by atoms with Crippen LogP contribution in [-0.2, 0) is 18.3 Å². The quantitative estimate of drug-likeness (QED) is 0.807. The highest BCUT2D eigenvalue weighted by atomic mass is 35.5. The predicted molar refractivity (Wildman–Crippen MR) is 103 cm³/mol. The van der Waals surface area contributed by atoms with Crippen LogP contribution in [0.3, 0.4) is 0 Å². The van der Waals surface area contributed by atoms with Crippen LogP contribution in [-0.4, -0.2) is 35.3 Å². The van der Waals surface area contributed by atoms with Gasteiger partial charge < -0.3 is 10.6 Å². The topological polar surface area (TPSA) is 59.0 Å². The van der Waals surface area contributed by atoms with Crippen molar-refractivity contribution in [1.29, 1.82) is 0 Å². The number of benzene rings is 1. The molecule has 0 spiro atoms. The summed E-state index contributed by atoms with van der Waals surface area (Å²) in [6.45, 7) is 2.05. The molecule has 3 rings (SSSR count). The number of nitrogens with zero attached hydrogens (tertiary/aromatic N) is 2. The van der Waals surface area contributed by atoms with E-state index in [0.717, 1.165) is 17.7 Å². The van der Waals surface area contributed by atoms with E-state index in [0.29, 0.717) is 29.6 Å². The number of aryl methyl sites for hydroxylation is 1. The summed E-state index contributed by atoms with van der Waals surface area (Å²) in [6, 6.07) is 5.44. The summed E-state index contributed by atoms with van der Waals surface area (Å²) >= 11 is 12.0. The lowest BCUT2D eigenvalue weighted by molar-refractivity contribution is -0.124. The highest BCUT2D eigenvalue weighted by molar-refractivity contribution is 6.34. The second kappa shape index (κ2) is 8.90. The van der Waals surface area contributed by atoms with Crippen molar-refractivity contribution < 1.29 is 4.79 Å². The minimum Gasteiger partial charge on any atom is -0.355 e. The lowest BCUT2D eigenvalue weighted by Crippen LogP contribution is -2.35. The molecule has 2 N–H and O–H groups in total. The van der Waals surface area contributed by atoms with Crippen LogP contribution in [0.4, 0.5) is 0 Å². The summed E-state index contributed by atoms with van der Waals surface area (Å²) in [5, 5.41) is 11.8. The van der Waals surface area contributed by atoms with Crippen molar-refractivity contribution in [2.75, 3.05) is 19.6 Å². The Kier molecular flexibility index (Phi) is 7.14. The largest absolute Gasteiger partial charge is 0.355 e. The molecule has 0 radical (unpaired) electrons. The lowest BCUT2D eigenvalue weighted by Gasteiger charge is -2.17. The van der Waals surface area contributed by atoms with Gasteiger partial charge in [0.1, 0.15) is 0 Å². The zero-order chi connectivity index (χ0) is 17.1. The van der Waals surface area contributed by atoms with Crippen molar-refractivity contribution >= 4 is 41.5 Å². The fourth-order valence-electron chi connectivity index (χ4n) is 3.15. The third kappa shape index (κ3) is 5.11. The highest BCUT2D eigenvalue weighted by Gasteiger charge is 2.34. The SMILES string of the molecule is Cl.Cn1cc([C@H]2CNC[C@@H]2C(=O)NCCc2cc(Cl)cc(Cl)c2)cn1. The zero-order valence-corrected chi connectivity index (χ0v) is 16.2. The van der Waals surface area contributed by atoms with Gasteiger partial charge in [0, 0.05) is 48.8 Å². The predicted octanol–water partition coefficient (Wildman–Crippen LogP) is 2.81. The molecule has 0 unspecified atom stereocenters. The number of rotatable bonds is 5. The first-order valence-electron chi connectivity index (χ1n) is 7.95. The Labute approximate surface area is 163 Å². The van der Waals surface area contributed by atoms with Crippen LogP contribution in [0.5, 0.6) is 0 Å². The number of amides is 1. The van der Waals surface area contributed by atoms with Crippen LogP contribution < -0.4 is 10.6 Å². The number of hydrogen-bond acceptors (Lipinski definition) is 3. The van der Waals surface area contributed by atoms with Crippen molar-refractivity contribution in [1.82, 2.24) is 20.4 Å². The van der Waals surface area contributed by atoms with Crippen molar-refractivity contribution in [3.63, 3.8) is 0 Å². The van der Waals surface area contributed by atoms with Crippen molar-refractivity contribution in [3.8, 4) is 0 Å². The normalized spacial score (nSPS) is 19.5. The minimum atomic E-state index is -0.0721. The molecule has 25 heavy (non-hydrogen) atoms. The second-order valence-corrected chi connectivity index (χ2v) is 7.01. The molecule has 0 saturated carbocycles. The Morgan fingerprint density at radius 2 is 2.04 bits per heavy atom. The second-order valence-electron chi connectivity index (χ2n) is 6.14. The third-order valence-electron chi connectivity index (χ3n) is 4.34. The van der Waals surface area contributed by atoms with Gasteiger partial charge in [0.2, 0.25) is 5.91 Å². The van der Waals surface area contributed by atoms with Gasteiger partial charge in [-0.2, -0.15) is 5.10 Å². The van der Waals surface area contributed by atoms with Crippen LogP contribution in [0.1, 0.15) is 17.0 Å². The van der Waals surface area contributed by atoms with Gasteiger partial charge in [0.05, 0.1) is 12.1 Å². The maximum Gasteiger partial charge on any atom is 0.225 e. The van der Waals surface area contributed by atoms with Gasteiger partial charge in [-0.1, -0.05) is 23.2 Å². The van der Waals surface area contributed by atoms with E-state index in [4.69, 9.17) is 23.2 Å². The van der Waals surface area contributed by atoms with E-state index in [2.05, 4.69) is 15.7 Å². The molecule has 1 saturated heterocycles. The van der Waals surface area contributed by atoms with E-state index in [1.165, 1.54) is 0 Å². The van der Waals surface area contributed by atoms with Crippen molar-refractivity contribution in [2.45, 2.75) is 12.3 Å². The molecule has 2 atom stereocenters. The number of aromatic nitrogens is 2. The molecular weight excluding hydrogens is 383 g/mol. The standard InChI is InChI=1S/C17H20Cl2N4O.ClH/c1-23-10-12(7-22-23)15-8-20-9-16(15)17(24)21-3-2-11-4-13(18)6-14(19)5-11;/h4-7,10,15-16,20H,2-3,8-9H2,1H3,(H,21,24);1H/t15-,16+;/m1./s1. The molecule has 8 heteroatoms. The minimum absolute atomic E-state index is 0. The maximum absolute atomic E-state index is 12.5. The Hall–Kier alpha value is -1.27. The first kappa shape index (κ1) is 20.0. The van der Waals surface area contributed by atoms with Crippen LogP contribution in [0.15, 0.2) is 30.6 Å². The van der Waals surface area contributed by atoms with E-state index < -0.39 is 0 Å². The fourth-order valence-corrected chi connectivity index (χ4v) is 3.72. The highest BCUT2D eigenvalue weighted by Crippen LogP contribution is 2.27. The average molecular weight is 404 g/mol. The Balaban J connectivity index is 0.00000225.